The Morgan fingerprint density at radius 1 is 1.30 bits per heavy atom. The van der Waals surface area contributed by atoms with E-state index in [9.17, 15) is 4.79 Å². The minimum Gasteiger partial charge on any atom is -0.399 e. The first-order valence-corrected chi connectivity index (χ1v) is 7.22. The van der Waals surface area contributed by atoms with Gasteiger partial charge in [0.1, 0.15) is 6.04 Å². The summed E-state index contributed by atoms with van der Waals surface area (Å²) in [4.78, 5) is 11.8. The van der Waals surface area contributed by atoms with E-state index in [0.717, 1.165) is 18.3 Å². The summed E-state index contributed by atoms with van der Waals surface area (Å²) in [6.07, 6.45) is 6.12. The van der Waals surface area contributed by atoms with E-state index in [0.29, 0.717) is 6.42 Å². The zero-order chi connectivity index (χ0) is 14.5. The van der Waals surface area contributed by atoms with Crippen molar-refractivity contribution in [3.05, 3.63) is 12.4 Å². The summed E-state index contributed by atoms with van der Waals surface area (Å²) in [5.41, 5.74) is 0.162. The predicted molar refractivity (Wildman–Crippen MR) is 75.8 cm³/mol. The van der Waals surface area contributed by atoms with Crippen molar-refractivity contribution in [1.29, 1.82) is 0 Å². The minimum atomic E-state index is -0.412. The normalized spacial score (nSPS) is 28.3. The maximum Gasteiger partial charge on any atom is 0.498 e. The van der Waals surface area contributed by atoms with Gasteiger partial charge in [0, 0.05) is 24.3 Å². The molecule has 0 aromatic carbocycles. The average molecular weight is 276 g/mol. The van der Waals surface area contributed by atoms with Gasteiger partial charge >= 0.3 is 7.12 Å². The number of Topliss-reactive ketones (excluding diaryl/α,β-unsaturated/α-hetero) is 1. The summed E-state index contributed by atoms with van der Waals surface area (Å²) >= 11 is 0. The van der Waals surface area contributed by atoms with E-state index in [-0.39, 0.29) is 23.0 Å². The van der Waals surface area contributed by atoms with Gasteiger partial charge in [-0.05, 0) is 40.5 Å². The maximum absolute atomic E-state index is 11.8. The first-order valence-electron chi connectivity index (χ1n) is 7.22. The molecule has 0 spiro atoms. The van der Waals surface area contributed by atoms with Crippen molar-refractivity contribution in [2.45, 2.75) is 64.2 Å². The molecular weight excluding hydrogens is 255 g/mol. The fourth-order valence-electron chi connectivity index (χ4n) is 2.70. The standard InChI is InChI=1S/C14H21BN2O3/c1-13(2)14(3,4)20-15(19-13)10-8-16-17(9-10)11-6-5-7-12(11)18/h8-9,11H,5-7H2,1-4H3/t11-/m1/s1. The zero-order valence-electron chi connectivity index (χ0n) is 12.5. The van der Waals surface area contributed by atoms with Crippen molar-refractivity contribution in [1.82, 2.24) is 9.78 Å². The van der Waals surface area contributed by atoms with Crippen LogP contribution in [0, 0.1) is 0 Å². The molecule has 20 heavy (non-hydrogen) atoms. The number of hydrogen-bond donors (Lipinski definition) is 0. The molecule has 3 rings (SSSR count). The van der Waals surface area contributed by atoms with Crippen molar-refractivity contribution in [2.75, 3.05) is 0 Å². The molecule has 1 aliphatic carbocycles. The van der Waals surface area contributed by atoms with Crippen molar-refractivity contribution in [3.63, 3.8) is 0 Å². The van der Waals surface area contributed by atoms with Crippen LogP contribution in [0.3, 0.4) is 0 Å². The summed E-state index contributed by atoms with van der Waals surface area (Å²) in [6.45, 7) is 8.10. The first kappa shape index (κ1) is 13.8. The van der Waals surface area contributed by atoms with Crippen LogP contribution in [0.15, 0.2) is 12.4 Å². The highest BCUT2D eigenvalue weighted by Crippen LogP contribution is 2.36. The lowest BCUT2D eigenvalue weighted by Crippen LogP contribution is -2.41. The SMILES string of the molecule is CC1(C)OB(c2cnn([C@@H]3CCCC3=O)c2)OC1(C)C. The molecule has 108 valence electrons. The quantitative estimate of drug-likeness (QED) is 0.768. The lowest BCUT2D eigenvalue weighted by atomic mass is 9.82. The fourth-order valence-corrected chi connectivity index (χ4v) is 2.70. The number of rotatable bonds is 2. The third kappa shape index (κ3) is 2.11. The molecule has 1 saturated heterocycles. The fraction of sp³-hybridized carbons (Fsp3) is 0.714. The largest absolute Gasteiger partial charge is 0.498 e. The zero-order valence-corrected chi connectivity index (χ0v) is 12.5. The van der Waals surface area contributed by atoms with Gasteiger partial charge in [0.05, 0.1) is 11.2 Å². The molecule has 0 amide bonds. The van der Waals surface area contributed by atoms with Crippen LogP contribution in [0.2, 0.25) is 0 Å². The summed E-state index contributed by atoms with van der Waals surface area (Å²) < 4.78 is 13.7. The molecule has 0 N–H and O–H groups in total. The molecule has 1 aromatic heterocycles. The number of carbonyl (C=O) groups excluding carboxylic acids is 1. The van der Waals surface area contributed by atoms with E-state index in [1.54, 1.807) is 10.9 Å². The molecule has 0 radical (unpaired) electrons. The molecule has 1 atom stereocenters. The molecule has 2 heterocycles. The van der Waals surface area contributed by atoms with E-state index in [1.165, 1.54) is 0 Å². The van der Waals surface area contributed by atoms with Crippen molar-refractivity contribution >= 4 is 18.4 Å². The van der Waals surface area contributed by atoms with Gasteiger partial charge in [-0.2, -0.15) is 5.10 Å². The van der Waals surface area contributed by atoms with Gasteiger partial charge in [0.25, 0.3) is 0 Å². The second-order valence-electron chi connectivity index (χ2n) is 6.72. The number of nitrogens with zero attached hydrogens (tertiary/aromatic N) is 2. The number of aromatic nitrogens is 2. The Kier molecular flexibility index (Phi) is 3.06. The van der Waals surface area contributed by atoms with Crippen LogP contribution in [0.4, 0.5) is 0 Å². The molecule has 1 aliphatic heterocycles. The lowest BCUT2D eigenvalue weighted by Gasteiger charge is -2.32. The summed E-state index contributed by atoms with van der Waals surface area (Å²) in [5, 5.41) is 4.32. The molecule has 0 unspecified atom stereocenters. The summed E-state index contributed by atoms with van der Waals surface area (Å²) in [7, 11) is -0.412. The van der Waals surface area contributed by atoms with Gasteiger partial charge in [-0.15, -0.1) is 0 Å². The van der Waals surface area contributed by atoms with E-state index in [4.69, 9.17) is 9.31 Å². The number of hydrogen-bond acceptors (Lipinski definition) is 4. The van der Waals surface area contributed by atoms with Crippen LogP contribution in [0.25, 0.3) is 0 Å². The second-order valence-corrected chi connectivity index (χ2v) is 6.72. The topological polar surface area (TPSA) is 53.4 Å². The van der Waals surface area contributed by atoms with Gasteiger partial charge in [-0.3, -0.25) is 9.48 Å². The Hall–Kier alpha value is -1.14. The molecule has 5 nitrogen and oxygen atoms in total. The second kappa shape index (κ2) is 4.43. The Morgan fingerprint density at radius 3 is 2.50 bits per heavy atom. The number of ketones is 1. The Morgan fingerprint density at radius 2 is 1.95 bits per heavy atom. The molecule has 0 bridgehead atoms. The van der Waals surface area contributed by atoms with Crippen LogP contribution in [-0.2, 0) is 14.1 Å². The van der Waals surface area contributed by atoms with Crippen molar-refractivity contribution in [3.8, 4) is 0 Å². The molecule has 1 aromatic rings. The van der Waals surface area contributed by atoms with Gasteiger partial charge in [0.2, 0.25) is 0 Å². The van der Waals surface area contributed by atoms with Gasteiger partial charge in [0.15, 0.2) is 5.78 Å². The molecular formula is C14H21BN2O3. The average Bonchev–Trinajstić information content (AvgIpc) is 2.98. The highest BCUT2D eigenvalue weighted by atomic mass is 16.7. The number of carbonyl (C=O) groups is 1. The predicted octanol–water partition coefficient (Wildman–Crippen LogP) is 1.48. The highest BCUT2D eigenvalue weighted by Gasteiger charge is 2.52. The Labute approximate surface area is 119 Å². The van der Waals surface area contributed by atoms with Gasteiger partial charge in [-0.25, -0.2) is 0 Å². The van der Waals surface area contributed by atoms with Gasteiger partial charge in [-0.1, -0.05) is 0 Å². The van der Waals surface area contributed by atoms with Crippen LogP contribution in [0.5, 0.6) is 0 Å². The molecule has 6 heteroatoms. The van der Waals surface area contributed by atoms with Crippen LogP contribution >= 0.6 is 0 Å². The van der Waals surface area contributed by atoms with Crippen LogP contribution in [0.1, 0.15) is 53.0 Å². The highest BCUT2D eigenvalue weighted by molar-refractivity contribution is 6.62. The third-order valence-corrected chi connectivity index (χ3v) is 4.74. The van der Waals surface area contributed by atoms with E-state index in [2.05, 4.69) is 5.10 Å². The van der Waals surface area contributed by atoms with E-state index in [1.807, 2.05) is 33.9 Å². The van der Waals surface area contributed by atoms with Gasteiger partial charge < -0.3 is 9.31 Å². The maximum atomic E-state index is 11.8. The Bertz CT molecular complexity index is 522. The summed E-state index contributed by atoms with van der Waals surface area (Å²) in [6, 6.07) is -0.105. The Balaban J connectivity index is 1.80. The summed E-state index contributed by atoms with van der Waals surface area (Å²) in [5.74, 6) is 0.272. The van der Waals surface area contributed by atoms with E-state index >= 15 is 0 Å². The van der Waals surface area contributed by atoms with Crippen LogP contribution in [-0.4, -0.2) is 33.9 Å². The molecule has 1 saturated carbocycles. The van der Waals surface area contributed by atoms with Crippen LogP contribution < -0.4 is 5.46 Å². The van der Waals surface area contributed by atoms with Crippen molar-refractivity contribution in [2.24, 2.45) is 0 Å². The monoisotopic (exact) mass is 276 g/mol. The smallest absolute Gasteiger partial charge is 0.399 e. The molecule has 2 aliphatic rings. The lowest BCUT2D eigenvalue weighted by molar-refractivity contribution is -0.120. The minimum absolute atomic E-state index is 0.105. The van der Waals surface area contributed by atoms with Crippen molar-refractivity contribution < 1.29 is 14.1 Å². The first-order chi connectivity index (χ1) is 9.30. The third-order valence-electron chi connectivity index (χ3n) is 4.74. The molecule has 2 fully saturated rings. The van der Waals surface area contributed by atoms with E-state index < -0.39 is 7.12 Å².